The number of nitrogens with one attached hydrogen (secondary N) is 1. The van der Waals surface area contributed by atoms with Gasteiger partial charge in [-0.25, -0.2) is 0 Å². The highest BCUT2D eigenvalue weighted by atomic mass is 16.5. The zero-order valence-electron chi connectivity index (χ0n) is 5.61. The summed E-state index contributed by atoms with van der Waals surface area (Å²) >= 11 is 0. The summed E-state index contributed by atoms with van der Waals surface area (Å²) in [5.41, 5.74) is 4.98. The number of pyridine rings is 1. The summed E-state index contributed by atoms with van der Waals surface area (Å²) < 4.78 is 0.528. The van der Waals surface area contributed by atoms with Gasteiger partial charge in [0.2, 0.25) is 5.91 Å². The molecule has 58 valence electrons. The Morgan fingerprint density at radius 3 is 2.73 bits per heavy atom. The average molecular weight is 153 g/mol. The molecular weight excluding hydrogens is 146 g/mol. The number of aromatic nitrogens is 1. The fourth-order valence-electron chi connectivity index (χ4n) is 0.635. The van der Waals surface area contributed by atoms with E-state index < -0.39 is 5.91 Å². The lowest BCUT2D eigenvalue weighted by molar-refractivity contribution is 0.0993. The molecule has 0 aliphatic heterocycles. The number of primary amides is 1. The lowest BCUT2D eigenvalue weighted by Gasteiger charge is -1.98. The molecule has 0 saturated carbocycles. The van der Waals surface area contributed by atoms with Crippen molar-refractivity contribution in [3.63, 3.8) is 0 Å². The average Bonchev–Trinajstić information content (AvgIpc) is 1.94. The zero-order valence-corrected chi connectivity index (χ0v) is 5.61. The van der Waals surface area contributed by atoms with Gasteiger partial charge in [-0.15, -0.1) is 0 Å². The SMILES string of the molecule is N=c1ccc(C(N)=O)cn1O. The van der Waals surface area contributed by atoms with Crippen LogP contribution in [-0.4, -0.2) is 15.8 Å². The molecule has 0 bridgehead atoms. The van der Waals surface area contributed by atoms with Gasteiger partial charge < -0.3 is 10.9 Å². The number of carbonyl (C=O) groups excluding carboxylic acids is 1. The Balaban J connectivity index is 3.26. The molecule has 1 aromatic heterocycles. The van der Waals surface area contributed by atoms with Gasteiger partial charge in [-0.2, -0.15) is 4.73 Å². The van der Waals surface area contributed by atoms with E-state index in [1.54, 1.807) is 0 Å². The van der Waals surface area contributed by atoms with Crippen LogP contribution in [0.5, 0.6) is 0 Å². The van der Waals surface area contributed by atoms with Crippen LogP contribution in [0.15, 0.2) is 18.3 Å². The van der Waals surface area contributed by atoms with Crippen molar-refractivity contribution in [2.45, 2.75) is 0 Å². The number of hydrogen-bond acceptors (Lipinski definition) is 3. The van der Waals surface area contributed by atoms with E-state index in [-0.39, 0.29) is 11.1 Å². The molecule has 0 aliphatic carbocycles. The van der Waals surface area contributed by atoms with Crippen molar-refractivity contribution in [2.24, 2.45) is 5.73 Å². The fraction of sp³-hybridized carbons (Fsp3) is 0. The lowest BCUT2D eigenvalue weighted by atomic mass is 10.3. The molecule has 1 aromatic rings. The summed E-state index contributed by atoms with van der Waals surface area (Å²) in [5.74, 6) is -0.632. The minimum Gasteiger partial charge on any atom is -0.427 e. The molecule has 0 unspecified atom stereocenters. The van der Waals surface area contributed by atoms with E-state index in [4.69, 9.17) is 16.4 Å². The second-order valence-corrected chi connectivity index (χ2v) is 2.01. The van der Waals surface area contributed by atoms with Crippen LogP contribution in [0.4, 0.5) is 0 Å². The largest absolute Gasteiger partial charge is 0.427 e. The molecule has 5 nitrogen and oxygen atoms in total. The molecule has 0 aliphatic rings. The highest BCUT2D eigenvalue weighted by molar-refractivity contribution is 5.92. The van der Waals surface area contributed by atoms with Crippen LogP contribution in [0.25, 0.3) is 0 Å². The second kappa shape index (κ2) is 2.45. The standard InChI is InChI=1S/C6H7N3O2/c7-5-2-1-4(6(8)10)3-9(5)11/h1-3,7,11H,(H2,8,10). The first kappa shape index (κ1) is 7.33. The van der Waals surface area contributed by atoms with Crippen LogP contribution in [0.1, 0.15) is 10.4 Å². The molecule has 0 fully saturated rings. The van der Waals surface area contributed by atoms with Crippen LogP contribution >= 0.6 is 0 Å². The molecule has 1 heterocycles. The zero-order chi connectivity index (χ0) is 8.43. The van der Waals surface area contributed by atoms with Gasteiger partial charge in [0.1, 0.15) is 0 Å². The van der Waals surface area contributed by atoms with Gasteiger partial charge in [0.25, 0.3) is 0 Å². The maximum absolute atomic E-state index is 10.5. The van der Waals surface area contributed by atoms with Gasteiger partial charge in [-0.3, -0.25) is 10.2 Å². The summed E-state index contributed by atoms with van der Waals surface area (Å²) in [6, 6.07) is 2.65. The van der Waals surface area contributed by atoms with Crippen molar-refractivity contribution in [1.82, 2.24) is 4.73 Å². The van der Waals surface area contributed by atoms with Gasteiger partial charge in [0.05, 0.1) is 11.8 Å². The van der Waals surface area contributed by atoms with Gasteiger partial charge in [0.15, 0.2) is 5.49 Å². The predicted molar refractivity (Wildman–Crippen MR) is 36.0 cm³/mol. The summed E-state index contributed by atoms with van der Waals surface area (Å²) in [5, 5.41) is 15.9. The topological polar surface area (TPSA) is 92.1 Å². The van der Waals surface area contributed by atoms with Crippen molar-refractivity contribution in [3.8, 4) is 0 Å². The normalized spacial score (nSPS) is 9.45. The molecule has 0 atom stereocenters. The van der Waals surface area contributed by atoms with Crippen LogP contribution < -0.4 is 11.2 Å². The fourth-order valence-corrected chi connectivity index (χ4v) is 0.635. The van der Waals surface area contributed by atoms with Crippen molar-refractivity contribution in [3.05, 3.63) is 29.4 Å². The molecule has 11 heavy (non-hydrogen) atoms. The number of nitrogens with two attached hydrogens (primary N) is 1. The summed E-state index contributed by atoms with van der Waals surface area (Å²) in [6.45, 7) is 0. The maximum Gasteiger partial charge on any atom is 0.250 e. The number of rotatable bonds is 1. The van der Waals surface area contributed by atoms with E-state index in [0.717, 1.165) is 6.20 Å². The third-order valence-electron chi connectivity index (χ3n) is 1.21. The van der Waals surface area contributed by atoms with E-state index in [1.165, 1.54) is 12.1 Å². The quantitative estimate of drug-likeness (QED) is 0.465. The molecule has 0 radical (unpaired) electrons. The molecule has 0 spiro atoms. The molecule has 0 saturated heterocycles. The highest BCUT2D eigenvalue weighted by Crippen LogP contribution is 1.90. The van der Waals surface area contributed by atoms with E-state index >= 15 is 0 Å². The van der Waals surface area contributed by atoms with Crippen LogP contribution in [0, 0.1) is 5.41 Å². The second-order valence-electron chi connectivity index (χ2n) is 2.01. The lowest BCUT2D eigenvalue weighted by Crippen LogP contribution is -2.20. The maximum atomic E-state index is 10.5. The minimum absolute atomic E-state index is 0.102. The Morgan fingerprint density at radius 1 is 1.64 bits per heavy atom. The number of carbonyl (C=O) groups is 1. The Labute approximate surface area is 62.2 Å². The van der Waals surface area contributed by atoms with Crippen molar-refractivity contribution in [1.29, 1.82) is 5.41 Å². The molecule has 0 aromatic carbocycles. The van der Waals surface area contributed by atoms with E-state index in [2.05, 4.69) is 0 Å². The Kier molecular flexibility index (Phi) is 1.63. The first-order valence-electron chi connectivity index (χ1n) is 2.87. The predicted octanol–water partition coefficient (Wildman–Crippen LogP) is -0.696. The van der Waals surface area contributed by atoms with Gasteiger partial charge >= 0.3 is 0 Å². The molecular formula is C6H7N3O2. The Morgan fingerprint density at radius 2 is 2.27 bits per heavy atom. The van der Waals surface area contributed by atoms with Crippen LogP contribution in [0.3, 0.4) is 0 Å². The van der Waals surface area contributed by atoms with Crippen molar-refractivity contribution in [2.75, 3.05) is 0 Å². The molecule has 1 rings (SSSR count). The number of amides is 1. The van der Waals surface area contributed by atoms with Gasteiger partial charge in [-0.1, -0.05) is 0 Å². The smallest absolute Gasteiger partial charge is 0.250 e. The number of nitrogens with zero attached hydrogens (tertiary/aromatic N) is 1. The Bertz CT molecular complexity index is 342. The number of hydrogen-bond donors (Lipinski definition) is 3. The first-order chi connectivity index (χ1) is 5.11. The third kappa shape index (κ3) is 1.37. The van der Waals surface area contributed by atoms with E-state index in [9.17, 15) is 4.79 Å². The monoisotopic (exact) mass is 153 g/mol. The molecule has 5 heteroatoms. The summed E-state index contributed by atoms with van der Waals surface area (Å²) in [4.78, 5) is 10.5. The van der Waals surface area contributed by atoms with E-state index in [0.29, 0.717) is 4.73 Å². The highest BCUT2D eigenvalue weighted by Gasteiger charge is 1.99. The third-order valence-corrected chi connectivity index (χ3v) is 1.21. The van der Waals surface area contributed by atoms with E-state index in [1.807, 2.05) is 0 Å². The minimum atomic E-state index is -0.632. The molecule has 4 N–H and O–H groups in total. The van der Waals surface area contributed by atoms with Crippen molar-refractivity contribution < 1.29 is 10.0 Å². The summed E-state index contributed by atoms with van der Waals surface area (Å²) in [7, 11) is 0. The Hall–Kier alpha value is -1.78. The van der Waals surface area contributed by atoms with Gasteiger partial charge in [0, 0.05) is 0 Å². The van der Waals surface area contributed by atoms with Crippen molar-refractivity contribution >= 4 is 5.91 Å². The summed E-state index contributed by atoms with van der Waals surface area (Å²) in [6.07, 6.45) is 1.09. The first-order valence-corrected chi connectivity index (χ1v) is 2.87. The van der Waals surface area contributed by atoms with Gasteiger partial charge in [-0.05, 0) is 12.1 Å². The molecule has 1 amide bonds. The van der Waals surface area contributed by atoms with Crippen LogP contribution in [-0.2, 0) is 0 Å². The van der Waals surface area contributed by atoms with Crippen LogP contribution in [0.2, 0.25) is 0 Å².